The fourth-order valence-electron chi connectivity index (χ4n) is 1.54. The van der Waals surface area contributed by atoms with E-state index in [0.29, 0.717) is 4.88 Å². The van der Waals surface area contributed by atoms with Gasteiger partial charge in [0.15, 0.2) is 0 Å². The van der Waals surface area contributed by atoms with E-state index in [2.05, 4.69) is 20.7 Å². The maximum absolute atomic E-state index is 12.1. The first-order valence-electron chi connectivity index (χ1n) is 5.44. The summed E-state index contributed by atoms with van der Waals surface area (Å²) in [5.41, 5.74) is 0.868. The maximum atomic E-state index is 12.1. The molecular weight excluding hydrogens is 350 g/mol. The molecule has 2 rings (SSSR count). The molecule has 0 fully saturated rings. The number of thiophene rings is 1. The van der Waals surface area contributed by atoms with E-state index in [0.717, 1.165) is 10.0 Å². The summed E-state index contributed by atoms with van der Waals surface area (Å²) in [5, 5.41) is 10.8. The van der Waals surface area contributed by atoms with Gasteiger partial charge in [0.05, 0.1) is 11.5 Å². The van der Waals surface area contributed by atoms with E-state index in [1.165, 1.54) is 17.4 Å². The Morgan fingerprint density at radius 2 is 1.89 bits per heavy atom. The Hall–Kier alpha value is -0.730. The third-order valence-electron chi connectivity index (χ3n) is 2.52. The molecule has 2 aromatic rings. The number of rotatable bonds is 5. The van der Waals surface area contributed by atoms with Crippen molar-refractivity contribution in [3.8, 4) is 0 Å². The monoisotopic (exact) mass is 361 g/mol. The molecule has 4 nitrogen and oxygen atoms in total. The average Bonchev–Trinajstić information content (AvgIpc) is 2.87. The Morgan fingerprint density at radius 3 is 2.53 bits per heavy atom. The van der Waals surface area contributed by atoms with Gasteiger partial charge in [-0.25, -0.2) is 13.1 Å². The molecule has 0 saturated heterocycles. The van der Waals surface area contributed by atoms with Gasteiger partial charge < -0.3 is 5.11 Å². The minimum absolute atomic E-state index is 0.150. The van der Waals surface area contributed by atoms with E-state index in [1.54, 1.807) is 5.38 Å². The van der Waals surface area contributed by atoms with Crippen LogP contribution in [-0.2, 0) is 23.2 Å². The van der Waals surface area contributed by atoms with Crippen LogP contribution in [0.25, 0.3) is 0 Å². The molecule has 0 amide bonds. The van der Waals surface area contributed by atoms with Gasteiger partial charge in [-0.05, 0) is 29.1 Å². The molecule has 0 saturated carbocycles. The summed E-state index contributed by atoms with van der Waals surface area (Å²) in [7, 11) is -3.58. The molecule has 7 heteroatoms. The van der Waals surface area contributed by atoms with Crippen LogP contribution < -0.4 is 4.72 Å². The van der Waals surface area contributed by atoms with Crippen LogP contribution in [-0.4, -0.2) is 13.5 Å². The van der Waals surface area contributed by atoms with Gasteiger partial charge in [0.25, 0.3) is 0 Å². The van der Waals surface area contributed by atoms with Crippen molar-refractivity contribution in [2.45, 2.75) is 18.0 Å². The van der Waals surface area contributed by atoms with Crippen LogP contribution in [0.15, 0.2) is 45.1 Å². The normalized spacial score (nSPS) is 11.7. The summed E-state index contributed by atoms with van der Waals surface area (Å²) in [6.07, 6.45) is 0. The number of halogens is 1. The zero-order valence-electron chi connectivity index (χ0n) is 9.84. The van der Waals surface area contributed by atoms with Crippen LogP contribution in [0, 0.1) is 0 Å². The molecule has 1 heterocycles. The molecule has 0 aliphatic carbocycles. The molecule has 0 unspecified atom stereocenters. The van der Waals surface area contributed by atoms with Gasteiger partial charge in [0, 0.05) is 15.9 Å². The zero-order valence-corrected chi connectivity index (χ0v) is 13.1. The lowest BCUT2D eigenvalue weighted by Crippen LogP contribution is -2.23. The quantitative estimate of drug-likeness (QED) is 0.859. The van der Waals surface area contributed by atoms with E-state index >= 15 is 0 Å². The second kappa shape index (κ2) is 6.15. The number of aliphatic hydroxyl groups excluding tert-OH is 1. The molecule has 0 bridgehead atoms. The summed E-state index contributed by atoms with van der Waals surface area (Å²) < 4.78 is 27.6. The Morgan fingerprint density at radius 1 is 1.21 bits per heavy atom. The highest BCUT2D eigenvalue weighted by molar-refractivity contribution is 9.10. The predicted octanol–water partition coefficient (Wildman–Crippen LogP) is 2.48. The van der Waals surface area contributed by atoms with Crippen molar-refractivity contribution in [1.29, 1.82) is 0 Å². The number of aliphatic hydroxyl groups is 1. The standard InChI is InChI=1S/C12H12BrNO3S2/c13-10-3-1-9(2-4-10)7-14-19(16,17)12-5-6-18-11(12)8-15/h1-6,14-15H,7-8H2. The second-order valence-electron chi connectivity index (χ2n) is 3.82. The van der Waals surface area contributed by atoms with Crippen molar-refractivity contribution in [2.24, 2.45) is 0 Å². The van der Waals surface area contributed by atoms with Crippen molar-refractivity contribution < 1.29 is 13.5 Å². The fraction of sp³-hybridized carbons (Fsp3) is 0.167. The topological polar surface area (TPSA) is 66.4 Å². The molecule has 0 spiro atoms. The van der Waals surface area contributed by atoms with Crippen LogP contribution in [0.2, 0.25) is 0 Å². The molecule has 1 aromatic carbocycles. The van der Waals surface area contributed by atoms with E-state index in [-0.39, 0.29) is 18.0 Å². The smallest absolute Gasteiger partial charge is 0.242 e. The van der Waals surface area contributed by atoms with Crippen LogP contribution >= 0.6 is 27.3 Å². The first kappa shape index (κ1) is 14.7. The maximum Gasteiger partial charge on any atom is 0.242 e. The van der Waals surface area contributed by atoms with Gasteiger partial charge in [-0.15, -0.1) is 11.3 Å². The van der Waals surface area contributed by atoms with Crippen molar-refractivity contribution in [2.75, 3.05) is 0 Å². The highest BCUT2D eigenvalue weighted by atomic mass is 79.9. The average molecular weight is 362 g/mol. The van der Waals surface area contributed by atoms with Crippen molar-refractivity contribution in [3.05, 3.63) is 50.6 Å². The van der Waals surface area contributed by atoms with Crippen LogP contribution in [0.1, 0.15) is 10.4 Å². The number of hydrogen-bond acceptors (Lipinski definition) is 4. The molecular formula is C12H12BrNO3S2. The summed E-state index contributed by atoms with van der Waals surface area (Å²) in [4.78, 5) is 0.598. The fourth-order valence-corrected chi connectivity index (χ4v) is 4.12. The first-order valence-corrected chi connectivity index (χ1v) is 8.60. The molecule has 19 heavy (non-hydrogen) atoms. The lowest BCUT2D eigenvalue weighted by atomic mass is 10.2. The Balaban J connectivity index is 2.12. The third kappa shape index (κ3) is 3.64. The lowest BCUT2D eigenvalue weighted by molar-refractivity contribution is 0.282. The highest BCUT2D eigenvalue weighted by Crippen LogP contribution is 2.22. The Kier molecular flexibility index (Phi) is 4.75. The molecule has 102 valence electrons. The minimum Gasteiger partial charge on any atom is -0.391 e. The van der Waals surface area contributed by atoms with Crippen LogP contribution in [0.3, 0.4) is 0 Å². The van der Waals surface area contributed by atoms with Gasteiger partial charge in [-0.2, -0.15) is 0 Å². The summed E-state index contributed by atoms with van der Waals surface area (Å²) in [6.45, 7) is -0.0531. The van der Waals surface area contributed by atoms with Crippen LogP contribution in [0.4, 0.5) is 0 Å². The highest BCUT2D eigenvalue weighted by Gasteiger charge is 2.18. The summed E-state index contributed by atoms with van der Waals surface area (Å²) in [6, 6.07) is 8.89. The van der Waals surface area contributed by atoms with Gasteiger partial charge >= 0.3 is 0 Å². The van der Waals surface area contributed by atoms with E-state index < -0.39 is 10.0 Å². The predicted molar refractivity (Wildman–Crippen MR) is 78.4 cm³/mol. The molecule has 0 aliphatic heterocycles. The van der Waals surface area contributed by atoms with E-state index in [1.807, 2.05) is 24.3 Å². The molecule has 2 N–H and O–H groups in total. The number of benzene rings is 1. The zero-order chi connectivity index (χ0) is 13.9. The van der Waals surface area contributed by atoms with Crippen molar-refractivity contribution in [1.82, 2.24) is 4.72 Å². The van der Waals surface area contributed by atoms with Crippen molar-refractivity contribution in [3.63, 3.8) is 0 Å². The third-order valence-corrected chi connectivity index (χ3v) is 5.57. The summed E-state index contributed by atoms with van der Waals surface area (Å²) in [5.74, 6) is 0. The van der Waals surface area contributed by atoms with Gasteiger partial charge in [0.1, 0.15) is 0 Å². The van der Waals surface area contributed by atoms with E-state index in [4.69, 9.17) is 5.11 Å². The lowest BCUT2D eigenvalue weighted by Gasteiger charge is -2.07. The first-order chi connectivity index (χ1) is 9.03. The number of hydrogen-bond donors (Lipinski definition) is 2. The van der Waals surface area contributed by atoms with Gasteiger partial charge in [-0.1, -0.05) is 28.1 Å². The molecule has 0 radical (unpaired) electrons. The summed E-state index contributed by atoms with van der Waals surface area (Å²) >= 11 is 4.55. The van der Waals surface area contributed by atoms with Gasteiger partial charge in [0.2, 0.25) is 10.0 Å². The Bertz CT molecular complexity index is 650. The van der Waals surface area contributed by atoms with Crippen LogP contribution in [0.5, 0.6) is 0 Å². The second-order valence-corrected chi connectivity index (χ2v) is 7.47. The largest absolute Gasteiger partial charge is 0.391 e. The van der Waals surface area contributed by atoms with Gasteiger partial charge in [-0.3, -0.25) is 0 Å². The SMILES string of the molecule is O=S(=O)(NCc1ccc(Br)cc1)c1ccsc1CO. The molecule has 1 aromatic heterocycles. The number of nitrogens with one attached hydrogen (secondary N) is 1. The van der Waals surface area contributed by atoms with Crippen molar-refractivity contribution >= 4 is 37.3 Å². The minimum atomic E-state index is -3.58. The Labute approximate surface area is 124 Å². The van der Waals surface area contributed by atoms with E-state index in [9.17, 15) is 8.42 Å². The molecule has 0 aliphatic rings. The molecule has 0 atom stereocenters. The number of sulfonamides is 1.